The molecule has 0 radical (unpaired) electrons. The quantitative estimate of drug-likeness (QED) is 0.667. The number of aryl methyl sites for hydroxylation is 1. The predicted octanol–water partition coefficient (Wildman–Crippen LogP) is 3.76. The third-order valence-electron chi connectivity index (χ3n) is 5.77. The Labute approximate surface area is 169 Å². The van der Waals surface area contributed by atoms with E-state index in [1.807, 2.05) is 6.07 Å². The molecule has 2 aromatic heterocycles. The fraction of sp³-hybridized carbons (Fsp3) is 0.455. The van der Waals surface area contributed by atoms with Crippen molar-refractivity contribution in [1.29, 1.82) is 0 Å². The molecule has 1 fully saturated rings. The lowest BCUT2D eigenvalue weighted by molar-refractivity contribution is 0.0665. The summed E-state index contributed by atoms with van der Waals surface area (Å²) in [6, 6.07) is 10.4. The van der Waals surface area contributed by atoms with Crippen molar-refractivity contribution in [3.8, 4) is 28.4 Å². The maximum atomic E-state index is 6.26. The second-order valence-electron chi connectivity index (χ2n) is 7.71. The number of ether oxygens (including phenoxy) is 2. The van der Waals surface area contributed by atoms with E-state index in [1.54, 1.807) is 0 Å². The van der Waals surface area contributed by atoms with Gasteiger partial charge in [0, 0.05) is 17.9 Å². The van der Waals surface area contributed by atoms with E-state index in [2.05, 4.69) is 44.9 Å². The van der Waals surface area contributed by atoms with Gasteiger partial charge in [-0.2, -0.15) is 0 Å². The highest BCUT2D eigenvalue weighted by Gasteiger charge is 2.27. The van der Waals surface area contributed by atoms with Crippen LogP contribution in [0.2, 0.25) is 0 Å². The Morgan fingerprint density at radius 2 is 1.93 bits per heavy atom. The summed E-state index contributed by atoms with van der Waals surface area (Å²) in [5.74, 6) is 1.18. The van der Waals surface area contributed by atoms with Gasteiger partial charge < -0.3 is 9.47 Å². The summed E-state index contributed by atoms with van der Waals surface area (Å²) in [7, 11) is 0. The second kappa shape index (κ2) is 8.29. The Hall–Kier alpha value is -2.80. The van der Waals surface area contributed by atoms with Gasteiger partial charge in [0.2, 0.25) is 5.88 Å². The Balaban J connectivity index is 1.68. The number of benzene rings is 1. The number of nitrogens with zero attached hydrogens (tertiary/aromatic N) is 4. The van der Waals surface area contributed by atoms with Gasteiger partial charge in [0.1, 0.15) is 6.61 Å². The van der Waals surface area contributed by atoms with Gasteiger partial charge in [-0.1, -0.05) is 36.8 Å². The molecule has 0 amide bonds. The molecule has 0 bridgehead atoms. The van der Waals surface area contributed by atoms with Gasteiger partial charge >= 0.3 is 0 Å². The van der Waals surface area contributed by atoms with Gasteiger partial charge in [-0.05, 0) is 60.1 Å². The lowest BCUT2D eigenvalue weighted by Crippen LogP contribution is -2.18. The fourth-order valence-electron chi connectivity index (χ4n) is 4.36. The molecule has 7 nitrogen and oxygen atoms in total. The first kappa shape index (κ1) is 18.2. The Morgan fingerprint density at radius 3 is 2.72 bits per heavy atom. The maximum Gasteiger partial charge on any atom is 0.225 e. The fourth-order valence-corrected chi connectivity index (χ4v) is 4.36. The number of H-pyrrole nitrogens is 1. The largest absolute Gasteiger partial charge is 0.474 e. The number of rotatable bonds is 5. The van der Waals surface area contributed by atoms with Crippen molar-refractivity contribution in [2.24, 2.45) is 0 Å². The van der Waals surface area contributed by atoms with E-state index < -0.39 is 0 Å². The molecule has 1 aliphatic heterocycles. The van der Waals surface area contributed by atoms with E-state index in [-0.39, 0.29) is 6.10 Å². The van der Waals surface area contributed by atoms with E-state index in [4.69, 9.17) is 14.5 Å². The lowest BCUT2D eigenvalue weighted by Gasteiger charge is -2.20. The molecule has 1 unspecified atom stereocenters. The number of aromatic amines is 1. The molecule has 0 saturated carbocycles. The first-order chi connectivity index (χ1) is 14.4. The number of hydrogen-bond donors (Lipinski definition) is 1. The van der Waals surface area contributed by atoms with Crippen LogP contribution in [-0.4, -0.2) is 44.9 Å². The van der Waals surface area contributed by atoms with E-state index in [0.717, 1.165) is 61.1 Å². The van der Waals surface area contributed by atoms with Gasteiger partial charge in [0.15, 0.2) is 5.82 Å². The lowest BCUT2D eigenvalue weighted by atomic mass is 9.91. The minimum Gasteiger partial charge on any atom is -0.474 e. The molecule has 29 heavy (non-hydrogen) atoms. The second-order valence-corrected chi connectivity index (χ2v) is 7.71. The molecule has 1 aliphatic carbocycles. The predicted molar refractivity (Wildman–Crippen MR) is 109 cm³/mol. The molecule has 7 heteroatoms. The van der Waals surface area contributed by atoms with Gasteiger partial charge in [-0.3, -0.25) is 0 Å². The highest BCUT2D eigenvalue weighted by molar-refractivity contribution is 5.86. The van der Waals surface area contributed by atoms with Gasteiger partial charge in [-0.25, -0.2) is 10.1 Å². The summed E-state index contributed by atoms with van der Waals surface area (Å²) in [5.41, 5.74) is 5.56. The average Bonchev–Trinajstić information content (AvgIpc) is 3.43. The van der Waals surface area contributed by atoms with Crippen molar-refractivity contribution < 1.29 is 9.47 Å². The molecule has 3 heterocycles. The number of aromatic nitrogens is 5. The topological polar surface area (TPSA) is 85.8 Å². The van der Waals surface area contributed by atoms with Crippen molar-refractivity contribution in [3.63, 3.8) is 0 Å². The molecular formula is C22H25N5O2. The number of tetrazole rings is 1. The number of fused-ring (bicyclic) bond motifs is 1. The summed E-state index contributed by atoms with van der Waals surface area (Å²) in [5, 5.41) is 14.8. The highest BCUT2D eigenvalue weighted by Crippen LogP contribution is 2.42. The standard InChI is InChI=1S/C22H25N5O2/c1-3-8-15(9-4-1)19-17-11-5-2-6-12-18(17)23-22(20(19)21-24-26-27-25-21)29-14-16-10-7-13-28-16/h1,3-4,8-9,16H,2,5-7,10-14H2,(H,24,25,26,27). The average molecular weight is 391 g/mol. The highest BCUT2D eigenvalue weighted by atomic mass is 16.5. The summed E-state index contributed by atoms with van der Waals surface area (Å²) in [6.45, 7) is 1.30. The third kappa shape index (κ3) is 3.74. The van der Waals surface area contributed by atoms with Crippen LogP contribution >= 0.6 is 0 Å². The summed E-state index contributed by atoms with van der Waals surface area (Å²) in [6.07, 6.45) is 7.75. The zero-order chi connectivity index (χ0) is 19.5. The van der Waals surface area contributed by atoms with Crippen molar-refractivity contribution in [3.05, 3.63) is 41.6 Å². The first-order valence-electron chi connectivity index (χ1n) is 10.5. The van der Waals surface area contributed by atoms with Crippen LogP contribution in [0.5, 0.6) is 5.88 Å². The number of pyridine rings is 1. The van der Waals surface area contributed by atoms with Crippen molar-refractivity contribution >= 4 is 0 Å². The monoisotopic (exact) mass is 391 g/mol. The molecule has 0 spiro atoms. The summed E-state index contributed by atoms with van der Waals surface area (Å²) < 4.78 is 12.0. The van der Waals surface area contributed by atoms with Crippen molar-refractivity contribution in [1.82, 2.24) is 25.6 Å². The minimum atomic E-state index is 0.122. The molecule has 1 saturated heterocycles. The minimum absolute atomic E-state index is 0.122. The van der Waals surface area contributed by atoms with Crippen LogP contribution in [0, 0.1) is 0 Å². The van der Waals surface area contributed by atoms with E-state index >= 15 is 0 Å². The van der Waals surface area contributed by atoms with Crippen molar-refractivity contribution in [2.75, 3.05) is 13.2 Å². The molecule has 3 aromatic rings. The molecule has 2 aliphatic rings. The third-order valence-corrected chi connectivity index (χ3v) is 5.77. The van der Waals surface area contributed by atoms with Gasteiger partial charge in [-0.15, -0.1) is 5.10 Å². The molecule has 5 rings (SSSR count). The van der Waals surface area contributed by atoms with Gasteiger partial charge in [0.05, 0.1) is 11.7 Å². The van der Waals surface area contributed by atoms with E-state index in [0.29, 0.717) is 18.3 Å². The van der Waals surface area contributed by atoms with Crippen LogP contribution in [0.4, 0.5) is 0 Å². The van der Waals surface area contributed by atoms with Crippen molar-refractivity contribution in [2.45, 2.75) is 51.0 Å². The smallest absolute Gasteiger partial charge is 0.225 e. The van der Waals surface area contributed by atoms with Crippen LogP contribution in [0.15, 0.2) is 30.3 Å². The Bertz CT molecular complexity index is 953. The molecule has 1 atom stereocenters. The van der Waals surface area contributed by atoms with Crippen LogP contribution in [0.25, 0.3) is 22.5 Å². The number of nitrogens with one attached hydrogen (secondary N) is 1. The first-order valence-corrected chi connectivity index (χ1v) is 10.5. The maximum absolute atomic E-state index is 6.26. The normalized spacial score (nSPS) is 19.0. The van der Waals surface area contributed by atoms with Crippen LogP contribution < -0.4 is 4.74 Å². The van der Waals surface area contributed by atoms with Gasteiger partial charge in [0.25, 0.3) is 0 Å². The molecule has 1 N–H and O–H groups in total. The van der Waals surface area contributed by atoms with Crippen LogP contribution in [0.3, 0.4) is 0 Å². The Kier molecular flexibility index (Phi) is 5.21. The molecular weight excluding hydrogens is 366 g/mol. The Morgan fingerprint density at radius 1 is 1.03 bits per heavy atom. The number of hydrogen-bond acceptors (Lipinski definition) is 6. The van der Waals surface area contributed by atoms with E-state index in [1.165, 1.54) is 18.4 Å². The van der Waals surface area contributed by atoms with E-state index in [9.17, 15) is 0 Å². The molecule has 150 valence electrons. The zero-order valence-corrected chi connectivity index (χ0v) is 16.4. The van der Waals surface area contributed by atoms with Crippen LogP contribution in [-0.2, 0) is 17.6 Å². The SMILES string of the molecule is c1ccc(-c2c3c(nc(OCC4CCCO4)c2-c2nnn[nH]2)CCCCC3)cc1. The summed E-state index contributed by atoms with van der Waals surface area (Å²) >= 11 is 0. The zero-order valence-electron chi connectivity index (χ0n) is 16.4. The summed E-state index contributed by atoms with van der Waals surface area (Å²) in [4.78, 5) is 4.98. The molecule has 1 aromatic carbocycles. The van der Waals surface area contributed by atoms with Crippen LogP contribution in [0.1, 0.15) is 43.4 Å².